The highest BCUT2D eigenvalue weighted by Crippen LogP contribution is 2.06. The van der Waals surface area contributed by atoms with E-state index in [0.717, 1.165) is 5.56 Å². The second-order valence-electron chi connectivity index (χ2n) is 3.48. The highest BCUT2D eigenvalue weighted by molar-refractivity contribution is 6.51. The van der Waals surface area contributed by atoms with Crippen LogP contribution in [-0.4, -0.2) is 28.5 Å². The summed E-state index contributed by atoms with van der Waals surface area (Å²) in [7, 11) is 17.3. The molecule has 1 aromatic heterocycles. The van der Waals surface area contributed by atoms with Gasteiger partial charge in [-0.15, -0.1) is 0 Å². The van der Waals surface area contributed by atoms with Crippen LogP contribution in [0.3, 0.4) is 0 Å². The molecule has 1 heterocycles. The third-order valence-corrected chi connectivity index (χ3v) is 2.11. The van der Waals surface area contributed by atoms with Crippen LogP contribution in [0, 0.1) is 6.92 Å². The minimum absolute atomic E-state index is 0.246. The Kier molecular flexibility index (Phi) is 2.89. The molecule has 0 unspecified atom stereocenters. The number of rotatable bonds is 1. The van der Waals surface area contributed by atoms with E-state index in [0.29, 0.717) is 22.2 Å². The maximum Gasteiger partial charge on any atom is 0.142 e. The van der Waals surface area contributed by atoms with Gasteiger partial charge in [0.15, 0.2) is 0 Å². The fourth-order valence-corrected chi connectivity index (χ4v) is 1.39. The molecule has 0 aliphatic heterocycles. The molecule has 0 bridgehead atoms. The lowest BCUT2D eigenvalue weighted by Gasteiger charge is -2.17. The number of aromatic nitrogens is 1. The molecule has 60 valence electrons. The highest BCUT2D eigenvalue weighted by atomic mass is 14.7. The van der Waals surface area contributed by atoms with Crippen LogP contribution in [0.25, 0.3) is 0 Å². The van der Waals surface area contributed by atoms with Crippen molar-refractivity contribution in [1.29, 1.82) is 0 Å². The van der Waals surface area contributed by atoms with E-state index in [1.165, 1.54) is 0 Å². The molecular formula is C9H10B3N. The normalized spacial score (nSPS) is 10.8. The van der Waals surface area contributed by atoms with Crippen LogP contribution in [0.5, 0.6) is 0 Å². The first-order chi connectivity index (χ1) is 5.95. The van der Waals surface area contributed by atoms with Crippen molar-refractivity contribution in [2.75, 3.05) is 0 Å². The van der Waals surface area contributed by atoms with E-state index in [2.05, 4.69) is 4.98 Å². The molecule has 6 radical (unpaired) electrons. The van der Waals surface area contributed by atoms with Gasteiger partial charge in [0.25, 0.3) is 0 Å². The van der Waals surface area contributed by atoms with E-state index in [4.69, 9.17) is 23.5 Å². The SMILES string of the molecule is [B]c1nc(C)c([B])c([B])c1C(C)C. The van der Waals surface area contributed by atoms with Gasteiger partial charge < -0.3 is 0 Å². The lowest BCUT2D eigenvalue weighted by Crippen LogP contribution is -2.40. The molecule has 1 nitrogen and oxygen atoms in total. The summed E-state index contributed by atoms with van der Waals surface area (Å²) in [5.74, 6) is 0.246. The first-order valence-corrected chi connectivity index (χ1v) is 4.26. The zero-order valence-electron chi connectivity index (χ0n) is 8.26. The van der Waals surface area contributed by atoms with Gasteiger partial charge in [-0.2, -0.15) is 0 Å². The van der Waals surface area contributed by atoms with Crippen molar-refractivity contribution in [2.24, 2.45) is 0 Å². The van der Waals surface area contributed by atoms with Crippen molar-refractivity contribution >= 4 is 40.1 Å². The number of aryl methyl sites for hydroxylation is 1. The molecule has 0 saturated carbocycles. The number of nitrogens with zero attached hydrogens (tertiary/aromatic N) is 1. The predicted molar refractivity (Wildman–Crippen MR) is 59.2 cm³/mol. The van der Waals surface area contributed by atoms with Gasteiger partial charge in [0.1, 0.15) is 23.5 Å². The smallest absolute Gasteiger partial charge is 0.142 e. The zero-order valence-corrected chi connectivity index (χ0v) is 8.26. The molecule has 0 spiro atoms. The standard InChI is InChI=1S/C9H10B3N/c1-4(2)6-8(11)7(10)5(3)13-9(6)12/h4H,1-3H3. The molecule has 0 fully saturated rings. The van der Waals surface area contributed by atoms with E-state index in [9.17, 15) is 0 Å². The van der Waals surface area contributed by atoms with Crippen molar-refractivity contribution in [3.63, 3.8) is 0 Å². The molecule has 0 amide bonds. The zero-order chi connectivity index (χ0) is 10.2. The Morgan fingerprint density at radius 2 is 1.62 bits per heavy atom. The molecule has 0 aliphatic rings. The van der Waals surface area contributed by atoms with Crippen molar-refractivity contribution < 1.29 is 0 Å². The van der Waals surface area contributed by atoms with E-state index in [1.807, 2.05) is 13.8 Å². The van der Waals surface area contributed by atoms with Gasteiger partial charge >= 0.3 is 0 Å². The van der Waals surface area contributed by atoms with Gasteiger partial charge in [-0.1, -0.05) is 24.8 Å². The van der Waals surface area contributed by atoms with Crippen LogP contribution in [0.1, 0.15) is 31.0 Å². The van der Waals surface area contributed by atoms with Crippen molar-refractivity contribution in [3.05, 3.63) is 11.3 Å². The summed E-state index contributed by atoms with van der Waals surface area (Å²) in [6.07, 6.45) is 0. The molecule has 0 aliphatic carbocycles. The number of hydrogen-bond acceptors (Lipinski definition) is 1. The molecule has 0 atom stereocenters. The van der Waals surface area contributed by atoms with Crippen LogP contribution < -0.4 is 16.5 Å². The maximum atomic E-state index is 5.84. The third-order valence-electron chi connectivity index (χ3n) is 2.11. The van der Waals surface area contributed by atoms with Crippen LogP contribution in [0.15, 0.2) is 0 Å². The summed E-state index contributed by atoms with van der Waals surface area (Å²) >= 11 is 0. The molecular weight excluding hydrogens is 155 g/mol. The summed E-state index contributed by atoms with van der Waals surface area (Å²) in [5, 5.41) is 0. The minimum atomic E-state index is 0.246. The molecule has 4 heteroatoms. The Balaban J connectivity index is 3.44. The van der Waals surface area contributed by atoms with Gasteiger partial charge in [-0.25, -0.2) is 0 Å². The molecule has 0 saturated heterocycles. The van der Waals surface area contributed by atoms with Gasteiger partial charge in [0, 0.05) is 5.69 Å². The van der Waals surface area contributed by atoms with E-state index < -0.39 is 0 Å². The van der Waals surface area contributed by atoms with Crippen LogP contribution in [0.4, 0.5) is 0 Å². The Hall–Kier alpha value is -0.655. The Morgan fingerprint density at radius 3 is 2.08 bits per heavy atom. The van der Waals surface area contributed by atoms with Crippen molar-refractivity contribution in [3.8, 4) is 0 Å². The predicted octanol–water partition coefficient (Wildman–Crippen LogP) is -1.11. The van der Waals surface area contributed by atoms with Crippen LogP contribution in [0.2, 0.25) is 0 Å². The average molecular weight is 165 g/mol. The van der Waals surface area contributed by atoms with E-state index >= 15 is 0 Å². The Bertz CT molecular complexity index is 334. The summed E-state index contributed by atoms with van der Waals surface area (Å²) in [5.41, 5.74) is 3.14. The molecule has 0 aromatic carbocycles. The molecule has 0 N–H and O–H groups in total. The quantitative estimate of drug-likeness (QED) is 0.480. The van der Waals surface area contributed by atoms with Gasteiger partial charge in [-0.3, -0.25) is 4.98 Å². The topological polar surface area (TPSA) is 12.9 Å². The summed E-state index contributed by atoms with van der Waals surface area (Å²) in [4.78, 5) is 4.13. The second kappa shape index (κ2) is 3.61. The van der Waals surface area contributed by atoms with Gasteiger partial charge in [-0.05, 0) is 24.0 Å². The fourth-order valence-electron chi connectivity index (χ4n) is 1.39. The summed E-state index contributed by atoms with van der Waals surface area (Å²) in [6, 6.07) is 0. The molecule has 13 heavy (non-hydrogen) atoms. The Labute approximate surface area is 83.6 Å². The maximum absolute atomic E-state index is 5.84. The van der Waals surface area contributed by atoms with Gasteiger partial charge in [0.05, 0.1) is 0 Å². The van der Waals surface area contributed by atoms with Crippen molar-refractivity contribution in [2.45, 2.75) is 26.7 Å². The van der Waals surface area contributed by atoms with E-state index in [1.54, 1.807) is 6.92 Å². The first kappa shape index (κ1) is 10.4. The minimum Gasteiger partial charge on any atom is -0.270 e. The number of pyridine rings is 1. The van der Waals surface area contributed by atoms with Crippen molar-refractivity contribution in [1.82, 2.24) is 4.98 Å². The van der Waals surface area contributed by atoms with Crippen LogP contribution >= 0.6 is 0 Å². The fraction of sp³-hybridized carbons (Fsp3) is 0.444. The largest absolute Gasteiger partial charge is 0.270 e. The summed E-state index contributed by atoms with van der Waals surface area (Å²) < 4.78 is 0. The highest BCUT2D eigenvalue weighted by Gasteiger charge is 2.10. The van der Waals surface area contributed by atoms with E-state index in [-0.39, 0.29) is 5.92 Å². The second-order valence-corrected chi connectivity index (χ2v) is 3.48. The summed E-state index contributed by atoms with van der Waals surface area (Å²) in [6.45, 7) is 5.82. The third kappa shape index (κ3) is 1.82. The molecule has 1 rings (SSSR count). The Morgan fingerprint density at radius 1 is 1.08 bits per heavy atom. The molecule has 1 aromatic rings. The lowest BCUT2D eigenvalue weighted by atomic mass is 9.72. The number of hydrogen-bond donors (Lipinski definition) is 0. The monoisotopic (exact) mass is 165 g/mol. The first-order valence-electron chi connectivity index (χ1n) is 4.26. The van der Waals surface area contributed by atoms with Gasteiger partial charge in [0.2, 0.25) is 0 Å². The van der Waals surface area contributed by atoms with Crippen LogP contribution in [-0.2, 0) is 0 Å². The average Bonchev–Trinajstić information content (AvgIpc) is 1.99. The lowest BCUT2D eigenvalue weighted by molar-refractivity contribution is 0.874.